The van der Waals surface area contributed by atoms with E-state index in [1.165, 1.54) is 24.3 Å². The van der Waals surface area contributed by atoms with E-state index in [1.54, 1.807) is 4.90 Å². The van der Waals surface area contributed by atoms with Crippen LogP contribution in [0.3, 0.4) is 0 Å². The molecule has 2 atom stereocenters. The van der Waals surface area contributed by atoms with E-state index in [9.17, 15) is 14.9 Å². The highest BCUT2D eigenvalue weighted by Crippen LogP contribution is 2.27. The molecule has 0 radical (unpaired) electrons. The Hall–Kier alpha value is -2.15. The van der Waals surface area contributed by atoms with Crippen molar-refractivity contribution in [2.75, 3.05) is 13.1 Å². The molecule has 0 aromatic heterocycles. The topological polar surface area (TPSA) is 81.9 Å². The number of nitrogens with zero attached hydrogens (tertiary/aromatic N) is 2. The van der Waals surface area contributed by atoms with Gasteiger partial charge in [0.25, 0.3) is 5.69 Å². The van der Waals surface area contributed by atoms with Gasteiger partial charge in [-0.25, -0.2) is 4.79 Å². The lowest BCUT2D eigenvalue weighted by atomic mass is 10.2. The van der Waals surface area contributed by atoms with E-state index in [1.807, 2.05) is 0 Å². The Balaban J connectivity index is 1.62. The van der Waals surface area contributed by atoms with Crippen molar-refractivity contribution in [2.24, 2.45) is 0 Å². The summed E-state index contributed by atoms with van der Waals surface area (Å²) in [6.07, 6.45) is 1.74. The Kier molecular flexibility index (Phi) is 3.27. The molecule has 20 heavy (non-hydrogen) atoms. The van der Waals surface area contributed by atoms with Crippen LogP contribution in [0.2, 0.25) is 0 Å². The maximum atomic E-state index is 12.0. The van der Waals surface area contributed by atoms with Crippen LogP contribution in [0.5, 0.6) is 5.75 Å². The molecule has 1 amide bonds. The summed E-state index contributed by atoms with van der Waals surface area (Å²) >= 11 is 0. The fraction of sp³-hybridized carbons (Fsp3) is 0.462. The van der Waals surface area contributed by atoms with Crippen molar-refractivity contribution in [3.63, 3.8) is 0 Å². The number of amides is 1. The Morgan fingerprint density at radius 3 is 2.40 bits per heavy atom. The molecule has 2 saturated heterocycles. The second-order valence-corrected chi connectivity index (χ2v) is 4.98. The summed E-state index contributed by atoms with van der Waals surface area (Å²) in [7, 11) is 0. The maximum absolute atomic E-state index is 12.0. The van der Waals surface area contributed by atoms with Gasteiger partial charge in [-0.1, -0.05) is 0 Å². The molecular formula is C13H14N2O5. The van der Waals surface area contributed by atoms with Crippen LogP contribution >= 0.6 is 0 Å². The zero-order chi connectivity index (χ0) is 14.1. The molecule has 1 aromatic rings. The minimum atomic E-state index is -0.495. The van der Waals surface area contributed by atoms with Crippen LogP contribution in [0.15, 0.2) is 24.3 Å². The standard InChI is InChI=1S/C13H14N2O5/c16-13(14-7-11-5-6-12(8-14)19-11)20-10-3-1-9(2-4-10)15(17)18/h1-4,11-12H,5-8H2. The van der Waals surface area contributed by atoms with Gasteiger partial charge in [-0.15, -0.1) is 0 Å². The first-order chi connectivity index (χ1) is 9.61. The molecule has 2 bridgehead atoms. The SMILES string of the molecule is O=C(Oc1ccc([N+](=O)[O-])cc1)N1CC2CCC(C1)O2. The molecule has 106 valence electrons. The molecule has 0 saturated carbocycles. The van der Waals surface area contributed by atoms with Crippen LogP contribution in [0.25, 0.3) is 0 Å². The molecule has 3 rings (SSSR count). The molecule has 2 heterocycles. The molecule has 2 aliphatic rings. The highest BCUT2D eigenvalue weighted by molar-refractivity contribution is 5.71. The maximum Gasteiger partial charge on any atom is 0.415 e. The predicted molar refractivity (Wildman–Crippen MR) is 68.6 cm³/mol. The lowest BCUT2D eigenvalue weighted by Gasteiger charge is -2.31. The monoisotopic (exact) mass is 278 g/mol. The summed E-state index contributed by atoms with van der Waals surface area (Å²) in [6.45, 7) is 1.09. The number of hydrogen-bond acceptors (Lipinski definition) is 5. The van der Waals surface area contributed by atoms with E-state index in [-0.39, 0.29) is 17.9 Å². The first-order valence-electron chi connectivity index (χ1n) is 6.48. The molecule has 0 spiro atoms. The first-order valence-corrected chi connectivity index (χ1v) is 6.48. The second kappa shape index (κ2) is 5.09. The minimum Gasteiger partial charge on any atom is -0.410 e. The number of hydrogen-bond donors (Lipinski definition) is 0. The molecule has 2 aliphatic heterocycles. The summed E-state index contributed by atoms with van der Waals surface area (Å²) in [5.74, 6) is 0.305. The number of morpholine rings is 1. The lowest BCUT2D eigenvalue weighted by Crippen LogP contribution is -2.46. The average Bonchev–Trinajstić information content (AvgIpc) is 2.78. The molecule has 7 nitrogen and oxygen atoms in total. The summed E-state index contributed by atoms with van der Waals surface area (Å²) in [5, 5.41) is 10.5. The van der Waals surface area contributed by atoms with Crippen molar-refractivity contribution in [1.29, 1.82) is 0 Å². The molecule has 2 unspecified atom stereocenters. The number of rotatable bonds is 2. The van der Waals surface area contributed by atoms with Gasteiger partial charge in [-0.05, 0) is 25.0 Å². The summed E-state index contributed by atoms with van der Waals surface area (Å²) in [6, 6.07) is 5.47. The summed E-state index contributed by atoms with van der Waals surface area (Å²) in [5.41, 5.74) is -0.0331. The minimum absolute atomic E-state index is 0.0331. The van der Waals surface area contributed by atoms with E-state index in [2.05, 4.69) is 0 Å². The third-order valence-corrected chi connectivity index (χ3v) is 3.55. The van der Waals surface area contributed by atoms with Gasteiger partial charge in [0.05, 0.1) is 30.2 Å². The molecule has 0 N–H and O–H groups in total. The zero-order valence-corrected chi connectivity index (χ0v) is 10.7. The van der Waals surface area contributed by atoms with Gasteiger partial charge in [-0.3, -0.25) is 10.1 Å². The second-order valence-electron chi connectivity index (χ2n) is 4.98. The van der Waals surface area contributed by atoms with Crippen molar-refractivity contribution in [2.45, 2.75) is 25.0 Å². The van der Waals surface area contributed by atoms with Crippen molar-refractivity contribution in [1.82, 2.24) is 4.90 Å². The van der Waals surface area contributed by atoms with Gasteiger partial charge in [0, 0.05) is 12.1 Å². The predicted octanol–water partition coefficient (Wildman–Crippen LogP) is 1.96. The fourth-order valence-corrected chi connectivity index (χ4v) is 2.57. The molecular weight excluding hydrogens is 264 g/mol. The Morgan fingerprint density at radius 2 is 1.85 bits per heavy atom. The van der Waals surface area contributed by atoms with E-state index < -0.39 is 11.0 Å². The van der Waals surface area contributed by atoms with Crippen LogP contribution in [0.1, 0.15) is 12.8 Å². The fourth-order valence-electron chi connectivity index (χ4n) is 2.57. The van der Waals surface area contributed by atoms with Crippen LogP contribution in [0, 0.1) is 10.1 Å². The van der Waals surface area contributed by atoms with Crippen LogP contribution < -0.4 is 4.74 Å². The van der Waals surface area contributed by atoms with Crippen LogP contribution in [-0.4, -0.2) is 41.2 Å². The third kappa shape index (κ3) is 2.57. The quantitative estimate of drug-likeness (QED) is 0.610. The number of carbonyl (C=O) groups is 1. The number of carbonyl (C=O) groups excluding carboxylic acids is 1. The van der Waals surface area contributed by atoms with Gasteiger partial charge in [-0.2, -0.15) is 0 Å². The van der Waals surface area contributed by atoms with Gasteiger partial charge in [0.15, 0.2) is 0 Å². The van der Waals surface area contributed by atoms with E-state index >= 15 is 0 Å². The molecule has 7 heteroatoms. The van der Waals surface area contributed by atoms with Crippen molar-refractivity contribution in [3.05, 3.63) is 34.4 Å². The number of ether oxygens (including phenoxy) is 2. The van der Waals surface area contributed by atoms with Gasteiger partial charge >= 0.3 is 6.09 Å². The van der Waals surface area contributed by atoms with Crippen LogP contribution in [0.4, 0.5) is 10.5 Å². The van der Waals surface area contributed by atoms with Crippen molar-refractivity contribution >= 4 is 11.8 Å². The number of nitro groups is 1. The lowest BCUT2D eigenvalue weighted by molar-refractivity contribution is -0.384. The average molecular weight is 278 g/mol. The first kappa shape index (κ1) is 12.9. The molecule has 1 aromatic carbocycles. The number of likely N-dealkylation sites (tertiary alicyclic amines) is 1. The highest BCUT2D eigenvalue weighted by Gasteiger charge is 2.36. The van der Waals surface area contributed by atoms with E-state index in [0.29, 0.717) is 18.8 Å². The van der Waals surface area contributed by atoms with Crippen molar-refractivity contribution in [3.8, 4) is 5.75 Å². The Bertz CT molecular complexity index is 518. The Morgan fingerprint density at radius 1 is 1.25 bits per heavy atom. The van der Waals surface area contributed by atoms with Crippen molar-refractivity contribution < 1.29 is 19.2 Å². The van der Waals surface area contributed by atoms with E-state index in [4.69, 9.17) is 9.47 Å². The number of non-ortho nitro benzene ring substituents is 1. The smallest absolute Gasteiger partial charge is 0.410 e. The zero-order valence-electron chi connectivity index (χ0n) is 10.7. The van der Waals surface area contributed by atoms with Gasteiger partial charge in [0.2, 0.25) is 0 Å². The third-order valence-electron chi connectivity index (χ3n) is 3.55. The van der Waals surface area contributed by atoms with E-state index in [0.717, 1.165) is 12.8 Å². The van der Waals surface area contributed by atoms with Crippen LogP contribution in [-0.2, 0) is 4.74 Å². The highest BCUT2D eigenvalue weighted by atomic mass is 16.6. The number of fused-ring (bicyclic) bond motifs is 2. The number of nitro benzene ring substituents is 1. The normalized spacial score (nSPS) is 24.5. The molecule has 0 aliphatic carbocycles. The summed E-state index contributed by atoms with van der Waals surface area (Å²) in [4.78, 5) is 23.7. The van der Waals surface area contributed by atoms with Gasteiger partial charge < -0.3 is 14.4 Å². The van der Waals surface area contributed by atoms with Gasteiger partial charge in [0.1, 0.15) is 5.75 Å². The molecule has 2 fully saturated rings. The largest absolute Gasteiger partial charge is 0.415 e. The summed E-state index contributed by atoms with van der Waals surface area (Å²) < 4.78 is 10.9. The number of benzene rings is 1. The Labute approximate surface area is 115 Å².